The molecular weight excluding hydrogens is 415 g/mol. The zero-order chi connectivity index (χ0) is 20.4. The molecule has 0 radical (unpaired) electrons. The van der Waals surface area contributed by atoms with Gasteiger partial charge < -0.3 is 9.84 Å². The van der Waals surface area contributed by atoms with Crippen molar-refractivity contribution in [3.05, 3.63) is 48.0 Å². The zero-order valence-corrected chi connectivity index (χ0v) is 21.3. The van der Waals surface area contributed by atoms with Gasteiger partial charge in [0.2, 0.25) is 0 Å². The van der Waals surface area contributed by atoms with Gasteiger partial charge in [-0.25, -0.2) is 0 Å². The molecule has 0 saturated carbocycles. The molecule has 0 heterocycles. The third-order valence-corrected chi connectivity index (χ3v) is 5.59. The van der Waals surface area contributed by atoms with E-state index in [1.165, 1.54) is 31.7 Å². The van der Waals surface area contributed by atoms with Crippen molar-refractivity contribution in [2.24, 2.45) is 0 Å². The van der Waals surface area contributed by atoms with Crippen molar-refractivity contribution in [3.8, 4) is 17.2 Å². The minimum atomic E-state index is -4.51. The van der Waals surface area contributed by atoms with E-state index < -0.39 is 15.9 Å². The normalized spacial score (nSPS) is 11.1. The maximum Gasteiger partial charge on any atom is 1.00 e. The Morgan fingerprint density at radius 3 is 2.10 bits per heavy atom. The van der Waals surface area contributed by atoms with Crippen molar-refractivity contribution in [3.63, 3.8) is 0 Å². The Hall–Kier alpha value is -0.414. The number of hydrogen-bond donors (Lipinski definition) is 1. The quantitative estimate of drug-likeness (QED) is 0.309. The summed E-state index contributed by atoms with van der Waals surface area (Å²) < 4.78 is 39.0. The van der Waals surface area contributed by atoms with E-state index in [9.17, 15) is 18.1 Å². The molecule has 0 atom stereocenters. The first kappa shape index (κ1) is 26.6. The second-order valence-electron chi connectivity index (χ2n) is 7.01. The van der Waals surface area contributed by atoms with Crippen LogP contribution in [-0.2, 0) is 16.5 Å². The first-order valence-electron chi connectivity index (χ1n) is 9.96. The predicted octanol–water partition coefficient (Wildman–Crippen LogP) is 2.49. The molecule has 2 aromatic rings. The standard InChI is InChI=1S/C22H30O5S.K/c1-2-3-4-5-6-7-8-12-15-20-21(27-19-13-10-9-11-14-19)16-18(23)17-22(20)28(24,25)26;/h9-11,13-14,16-17,23H,2-8,12,15H2,1H3,(H,24,25,26);/q;+1/p-1. The monoisotopic (exact) mass is 444 g/mol. The molecule has 0 aliphatic carbocycles. The van der Waals surface area contributed by atoms with Gasteiger partial charge in [0.1, 0.15) is 16.4 Å². The van der Waals surface area contributed by atoms with Crippen molar-refractivity contribution in [1.82, 2.24) is 0 Å². The van der Waals surface area contributed by atoms with Crippen molar-refractivity contribution >= 4 is 10.1 Å². The Bertz CT molecular complexity index is 838. The Morgan fingerprint density at radius 1 is 0.931 bits per heavy atom. The maximum absolute atomic E-state index is 11.9. The summed E-state index contributed by atoms with van der Waals surface area (Å²) in [6.45, 7) is 2.19. The summed E-state index contributed by atoms with van der Waals surface area (Å²) in [5.41, 5.74) is 0.358. The van der Waals surface area contributed by atoms with Gasteiger partial charge >= 0.3 is 51.4 Å². The summed E-state index contributed by atoms with van der Waals surface area (Å²) in [5.74, 6) is 0.180. The van der Waals surface area contributed by atoms with Gasteiger partial charge in [-0.2, -0.15) is 8.42 Å². The second-order valence-corrected chi connectivity index (χ2v) is 8.40. The summed E-state index contributed by atoms with van der Waals surface area (Å²) in [5, 5.41) is 11.9. The van der Waals surface area contributed by atoms with Crippen molar-refractivity contribution in [2.45, 2.75) is 69.6 Å². The van der Waals surface area contributed by atoms with Gasteiger partial charge in [0.25, 0.3) is 10.1 Å². The molecule has 0 amide bonds. The van der Waals surface area contributed by atoms with E-state index in [1.54, 1.807) is 24.3 Å². The van der Waals surface area contributed by atoms with Crippen LogP contribution in [0.25, 0.3) is 0 Å². The topological polar surface area (TPSA) is 86.7 Å². The smallest absolute Gasteiger partial charge is 0.872 e. The van der Waals surface area contributed by atoms with E-state index in [1.807, 2.05) is 6.07 Å². The molecule has 0 aromatic heterocycles. The molecule has 2 rings (SSSR count). The third-order valence-electron chi connectivity index (χ3n) is 4.67. The van der Waals surface area contributed by atoms with E-state index in [0.29, 0.717) is 17.7 Å². The number of hydrogen-bond acceptors (Lipinski definition) is 4. The van der Waals surface area contributed by atoms with E-state index in [-0.39, 0.29) is 62.0 Å². The van der Waals surface area contributed by atoms with Crippen molar-refractivity contribution in [2.75, 3.05) is 0 Å². The van der Waals surface area contributed by atoms with Crippen LogP contribution in [-0.4, -0.2) is 13.0 Å². The van der Waals surface area contributed by atoms with Crippen LogP contribution in [0.5, 0.6) is 17.2 Å². The first-order valence-corrected chi connectivity index (χ1v) is 11.4. The summed E-state index contributed by atoms with van der Waals surface area (Å²) in [4.78, 5) is -0.353. The SMILES string of the molecule is CCCCCCCCCCc1c(Oc2ccccc2)cc([O-])cc1S(=O)(=O)O.[K+]. The summed E-state index contributed by atoms with van der Waals surface area (Å²) in [6, 6.07) is 11.1. The van der Waals surface area contributed by atoms with Gasteiger partial charge in [0.15, 0.2) is 0 Å². The fourth-order valence-corrected chi connectivity index (χ4v) is 3.99. The third kappa shape index (κ3) is 9.51. The van der Waals surface area contributed by atoms with E-state index in [2.05, 4.69) is 6.92 Å². The van der Waals surface area contributed by atoms with E-state index >= 15 is 0 Å². The zero-order valence-electron chi connectivity index (χ0n) is 17.4. The van der Waals surface area contributed by atoms with Gasteiger partial charge in [-0.05, 0) is 37.1 Å². The number of unbranched alkanes of at least 4 members (excludes halogenated alkanes) is 7. The van der Waals surface area contributed by atoms with Gasteiger partial charge in [-0.3, -0.25) is 4.55 Å². The molecular formula is C22H29KO5S. The largest absolute Gasteiger partial charge is 1.00 e. The Labute approximate surface area is 217 Å². The van der Waals surface area contributed by atoms with Gasteiger partial charge in [-0.15, -0.1) is 5.75 Å². The molecule has 0 saturated heterocycles. The van der Waals surface area contributed by atoms with Crippen LogP contribution in [0.1, 0.15) is 63.9 Å². The molecule has 29 heavy (non-hydrogen) atoms. The Morgan fingerprint density at radius 2 is 1.52 bits per heavy atom. The summed E-state index contributed by atoms with van der Waals surface area (Å²) in [7, 11) is -4.51. The van der Waals surface area contributed by atoms with Crippen LogP contribution in [0.3, 0.4) is 0 Å². The molecule has 0 fully saturated rings. The summed E-state index contributed by atoms with van der Waals surface area (Å²) in [6.07, 6.45) is 9.35. The fourth-order valence-electron chi connectivity index (χ4n) is 3.21. The van der Waals surface area contributed by atoms with E-state index in [4.69, 9.17) is 4.74 Å². The van der Waals surface area contributed by atoms with Crippen LogP contribution in [0.4, 0.5) is 0 Å². The number of para-hydroxylation sites is 1. The van der Waals surface area contributed by atoms with E-state index in [0.717, 1.165) is 31.7 Å². The van der Waals surface area contributed by atoms with Crippen LogP contribution in [0.15, 0.2) is 47.4 Å². The number of benzene rings is 2. The molecule has 2 aromatic carbocycles. The van der Waals surface area contributed by atoms with Gasteiger partial charge in [-0.1, -0.05) is 70.1 Å². The molecule has 0 aliphatic heterocycles. The number of ether oxygens (including phenoxy) is 1. The molecule has 0 spiro atoms. The molecule has 154 valence electrons. The molecule has 5 nitrogen and oxygen atoms in total. The Kier molecular flexibility index (Phi) is 12.7. The molecule has 1 N–H and O–H groups in total. The minimum Gasteiger partial charge on any atom is -0.872 e. The van der Waals surface area contributed by atoms with Crippen molar-refractivity contribution < 1.29 is 74.2 Å². The minimum absolute atomic E-state index is 0. The summed E-state index contributed by atoms with van der Waals surface area (Å²) >= 11 is 0. The maximum atomic E-state index is 11.9. The second kappa shape index (κ2) is 13.8. The van der Waals surface area contributed by atoms with Crippen molar-refractivity contribution in [1.29, 1.82) is 0 Å². The molecule has 0 unspecified atom stereocenters. The molecule has 0 aliphatic rings. The average molecular weight is 445 g/mol. The predicted molar refractivity (Wildman–Crippen MR) is 109 cm³/mol. The number of rotatable bonds is 12. The van der Waals surface area contributed by atoms with Crippen LogP contribution in [0.2, 0.25) is 0 Å². The van der Waals surface area contributed by atoms with Crippen LogP contribution >= 0.6 is 0 Å². The molecule has 7 heteroatoms. The average Bonchev–Trinajstić information content (AvgIpc) is 2.65. The molecule has 0 bridgehead atoms. The van der Waals surface area contributed by atoms with Crippen LogP contribution < -0.4 is 61.2 Å². The van der Waals surface area contributed by atoms with Gasteiger partial charge in [0, 0.05) is 5.56 Å². The Balaban J connectivity index is 0.00000420. The first-order chi connectivity index (χ1) is 13.4. The van der Waals surface area contributed by atoms with Gasteiger partial charge in [0.05, 0.1) is 0 Å². The van der Waals surface area contributed by atoms with Crippen LogP contribution in [0, 0.1) is 0 Å². The fraction of sp³-hybridized carbons (Fsp3) is 0.455.